The number of carbonyl (C=O) groups is 5. The molecule has 0 spiro atoms. The first-order valence-corrected chi connectivity index (χ1v) is 11.3. The first-order valence-electron chi connectivity index (χ1n) is 10.4. The molecule has 1 aromatic rings. The fourth-order valence-electron chi connectivity index (χ4n) is 3.71. The molecule has 10 nitrogen and oxygen atoms in total. The summed E-state index contributed by atoms with van der Waals surface area (Å²) in [6.07, 6.45) is 1.15. The minimum atomic E-state index is -1.12. The van der Waals surface area contributed by atoms with Crippen LogP contribution in [0.25, 0.3) is 0 Å². The summed E-state index contributed by atoms with van der Waals surface area (Å²) in [4.78, 5) is 62.0. The molecule has 1 saturated heterocycles. The number of Topliss-reactive ketones (excluding diaryl/α,β-unsaturated/α-hetero) is 1. The Kier molecular flexibility index (Phi) is 9.79. The molecular weight excluding hydrogens is 440 g/mol. The van der Waals surface area contributed by atoms with Crippen molar-refractivity contribution in [3.05, 3.63) is 22.4 Å². The molecule has 176 valence electrons. The number of likely N-dealkylation sites (tertiary alicyclic amines) is 1. The summed E-state index contributed by atoms with van der Waals surface area (Å²) in [5.41, 5.74) is 0. The van der Waals surface area contributed by atoms with Crippen LogP contribution in [-0.2, 0) is 23.9 Å². The highest BCUT2D eigenvalue weighted by molar-refractivity contribution is 7.12. The summed E-state index contributed by atoms with van der Waals surface area (Å²) in [5, 5.41) is 23.1. The Hall–Kier alpha value is -2.79. The van der Waals surface area contributed by atoms with E-state index in [0.29, 0.717) is 24.1 Å². The molecule has 2 heterocycles. The monoisotopic (exact) mass is 468 g/mol. The standard InChI is InChI=1S/C21H28N2O8S/c1-31-21(30)14(5-2-7-16(24)17-8-4-12-32-17)22-13(9-10-18(25)26)19(27)23-11-3-6-15(23)20(28)29/h4,8,12-15,22H,2-3,5-7,9-11H2,1H3,(H,25,26)(H,28,29)/t13-,14?,15-/m0/s1. The van der Waals surface area contributed by atoms with Gasteiger partial charge in [-0.3, -0.25) is 24.5 Å². The zero-order chi connectivity index (χ0) is 23.7. The second kappa shape index (κ2) is 12.3. The second-order valence-electron chi connectivity index (χ2n) is 7.55. The number of carbonyl (C=O) groups excluding carboxylic acids is 3. The average Bonchev–Trinajstić information content (AvgIpc) is 3.46. The third kappa shape index (κ3) is 7.13. The molecule has 0 saturated carbocycles. The molecule has 0 bridgehead atoms. The van der Waals surface area contributed by atoms with Gasteiger partial charge in [0.25, 0.3) is 0 Å². The van der Waals surface area contributed by atoms with E-state index in [0.717, 1.165) is 0 Å². The number of hydrogen-bond acceptors (Lipinski definition) is 8. The van der Waals surface area contributed by atoms with Crippen LogP contribution >= 0.6 is 11.3 Å². The minimum Gasteiger partial charge on any atom is -0.481 e. The predicted molar refractivity (Wildman–Crippen MR) is 114 cm³/mol. The van der Waals surface area contributed by atoms with Gasteiger partial charge in [0, 0.05) is 19.4 Å². The minimum absolute atomic E-state index is 0.0523. The van der Waals surface area contributed by atoms with Gasteiger partial charge in [-0.15, -0.1) is 11.3 Å². The Balaban J connectivity index is 2.08. The highest BCUT2D eigenvalue weighted by atomic mass is 32.1. The Morgan fingerprint density at radius 3 is 2.53 bits per heavy atom. The summed E-state index contributed by atoms with van der Waals surface area (Å²) in [5.74, 6) is -3.48. The number of nitrogens with one attached hydrogen (secondary N) is 1. The number of aliphatic carboxylic acids is 2. The van der Waals surface area contributed by atoms with Crippen LogP contribution in [0.4, 0.5) is 0 Å². The highest BCUT2D eigenvalue weighted by Gasteiger charge is 2.38. The normalized spacial score (nSPS) is 17.5. The van der Waals surface area contributed by atoms with Gasteiger partial charge in [-0.25, -0.2) is 4.79 Å². The zero-order valence-corrected chi connectivity index (χ0v) is 18.6. The van der Waals surface area contributed by atoms with E-state index in [1.165, 1.54) is 23.3 Å². The largest absolute Gasteiger partial charge is 0.481 e. The van der Waals surface area contributed by atoms with E-state index in [1.807, 2.05) is 0 Å². The molecule has 1 aliphatic rings. The van der Waals surface area contributed by atoms with E-state index in [-0.39, 0.29) is 38.0 Å². The molecule has 2 rings (SSSR count). The third-order valence-corrected chi connectivity index (χ3v) is 6.26. The van der Waals surface area contributed by atoms with E-state index >= 15 is 0 Å². The summed E-state index contributed by atoms with van der Waals surface area (Å²) in [6, 6.07) is 0.515. The molecule has 3 N–H and O–H groups in total. The molecule has 1 unspecified atom stereocenters. The van der Waals surface area contributed by atoms with Gasteiger partial charge < -0.3 is 19.8 Å². The Morgan fingerprint density at radius 1 is 1.19 bits per heavy atom. The van der Waals surface area contributed by atoms with Gasteiger partial charge in [0.1, 0.15) is 12.1 Å². The van der Waals surface area contributed by atoms with Crippen LogP contribution in [-0.4, -0.2) is 76.5 Å². The van der Waals surface area contributed by atoms with E-state index in [4.69, 9.17) is 9.84 Å². The molecular formula is C21H28N2O8S. The van der Waals surface area contributed by atoms with Crippen molar-refractivity contribution in [1.29, 1.82) is 0 Å². The van der Waals surface area contributed by atoms with E-state index in [2.05, 4.69) is 5.32 Å². The van der Waals surface area contributed by atoms with Crippen LogP contribution < -0.4 is 5.32 Å². The van der Waals surface area contributed by atoms with Crippen molar-refractivity contribution in [2.24, 2.45) is 0 Å². The molecule has 1 aromatic heterocycles. The summed E-state index contributed by atoms with van der Waals surface area (Å²) in [7, 11) is 1.20. The van der Waals surface area contributed by atoms with Gasteiger partial charge in [0.2, 0.25) is 5.91 Å². The number of ketones is 1. The smallest absolute Gasteiger partial charge is 0.326 e. The van der Waals surface area contributed by atoms with Gasteiger partial charge in [-0.1, -0.05) is 6.07 Å². The van der Waals surface area contributed by atoms with Gasteiger partial charge in [-0.05, 0) is 43.6 Å². The van der Waals surface area contributed by atoms with Gasteiger partial charge in [0.15, 0.2) is 5.78 Å². The molecule has 1 fully saturated rings. The van der Waals surface area contributed by atoms with Crippen molar-refractivity contribution in [2.75, 3.05) is 13.7 Å². The summed E-state index contributed by atoms with van der Waals surface area (Å²) >= 11 is 1.33. The van der Waals surface area contributed by atoms with Gasteiger partial charge in [-0.2, -0.15) is 0 Å². The van der Waals surface area contributed by atoms with Crippen molar-refractivity contribution in [3.8, 4) is 0 Å². The molecule has 1 aliphatic heterocycles. The van der Waals surface area contributed by atoms with Crippen molar-refractivity contribution < 1.29 is 38.9 Å². The van der Waals surface area contributed by atoms with Crippen molar-refractivity contribution in [1.82, 2.24) is 10.2 Å². The fourth-order valence-corrected chi connectivity index (χ4v) is 4.41. The quantitative estimate of drug-likeness (QED) is 0.289. The number of carboxylic acid groups (broad SMARTS) is 2. The second-order valence-corrected chi connectivity index (χ2v) is 8.50. The molecule has 11 heteroatoms. The summed E-state index contributed by atoms with van der Waals surface area (Å²) in [6.45, 7) is 0.249. The molecule has 0 radical (unpaired) electrons. The topological polar surface area (TPSA) is 150 Å². The number of amides is 1. The number of rotatable bonds is 13. The van der Waals surface area contributed by atoms with E-state index < -0.39 is 41.9 Å². The maximum absolute atomic E-state index is 13.1. The predicted octanol–water partition coefficient (Wildman–Crippen LogP) is 1.54. The number of methoxy groups -OCH3 is 1. The first-order chi connectivity index (χ1) is 15.2. The lowest BCUT2D eigenvalue weighted by Crippen LogP contribution is -2.54. The Morgan fingerprint density at radius 2 is 1.94 bits per heavy atom. The fraction of sp³-hybridized carbons (Fsp3) is 0.571. The number of esters is 1. The van der Waals surface area contributed by atoms with Crippen LogP contribution in [0.5, 0.6) is 0 Å². The number of carboxylic acids is 2. The molecule has 0 aliphatic carbocycles. The first kappa shape index (κ1) is 25.5. The Labute approximate surface area is 189 Å². The van der Waals surface area contributed by atoms with Crippen LogP contribution in [0.15, 0.2) is 17.5 Å². The van der Waals surface area contributed by atoms with Crippen molar-refractivity contribution in [2.45, 2.75) is 63.1 Å². The number of thiophene rings is 1. The summed E-state index contributed by atoms with van der Waals surface area (Å²) < 4.78 is 4.81. The maximum atomic E-state index is 13.1. The van der Waals surface area contributed by atoms with Crippen LogP contribution in [0.2, 0.25) is 0 Å². The lowest BCUT2D eigenvalue weighted by atomic mass is 10.0. The van der Waals surface area contributed by atoms with Crippen LogP contribution in [0.1, 0.15) is 54.6 Å². The highest BCUT2D eigenvalue weighted by Crippen LogP contribution is 2.20. The molecule has 1 amide bonds. The van der Waals surface area contributed by atoms with Crippen LogP contribution in [0, 0.1) is 0 Å². The third-order valence-electron chi connectivity index (χ3n) is 5.35. The average molecular weight is 469 g/mol. The van der Waals surface area contributed by atoms with Crippen LogP contribution in [0.3, 0.4) is 0 Å². The zero-order valence-electron chi connectivity index (χ0n) is 17.8. The van der Waals surface area contributed by atoms with Crippen molar-refractivity contribution >= 4 is 40.9 Å². The van der Waals surface area contributed by atoms with Crippen molar-refractivity contribution in [3.63, 3.8) is 0 Å². The van der Waals surface area contributed by atoms with E-state index in [9.17, 15) is 29.1 Å². The number of nitrogens with zero attached hydrogens (tertiary/aromatic N) is 1. The lowest BCUT2D eigenvalue weighted by molar-refractivity contribution is -0.150. The van der Waals surface area contributed by atoms with Gasteiger partial charge in [0.05, 0.1) is 18.0 Å². The lowest BCUT2D eigenvalue weighted by Gasteiger charge is -2.29. The van der Waals surface area contributed by atoms with Gasteiger partial charge >= 0.3 is 17.9 Å². The molecule has 32 heavy (non-hydrogen) atoms. The Bertz CT molecular complexity index is 826. The SMILES string of the molecule is COC(=O)C(CCCC(=O)c1cccs1)N[C@@H](CCC(=O)O)C(=O)N1CCC[C@H]1C(=O)O. The molecule has 3 atom stereocenters. The maximum Gasteiger partial charge on any atom is 0.326 e. The number of hydrogen-bond donors (Lipinski definition) is 3. The van der Waals surface area contributed by atoms with E-state index in [1.54, 1.807) is 17.5 Å². The number of ether oxygens (including phenoxy) is 1. The molecule has 0 aromatic carbocycles.